The van der Waals surface area contributed by atoms with Gasteiger partial charge in [-0.3, -0.25) is 0 Å². The van der Waals surface area contributed by atoms with Gasteiger partial charge in [0.1, 0.15) is 11.6 Å². The van der Waals surface area contributed by atoms with Gasteiger partial charge in [0.25, 0.3) is 0 Å². The Labute approximate surface area is 246 Å². The van der Waals surface area contributed by atoms with E-state index < -0.39 is 0 Å². The molecule has 5 aliphatic carbocycles. The fourth-order valence-corrected chi connectivity index (χ4v) is 8.32. The molecule has 5 fully saturated rings. The van der Waals surface area contributed by atoms with Gasteiger partial charge in [0.2, 0.25) is 0 Å². The Morgan fingerprint density at radius 3 is 2.33 bits per heavy atom. The molecule has 220 valence electrons. The van der Waals surface area contributed by atoms with Gasteiger partial charge < -0.3 is 16.8 Å². The molecule has 4 aromatic heterocycles. The highest BCUT2D eigenvalue weighted by Gasteiger charge is 2.50. The molecule has 5 atom stereocenters. The van der Waals surface area contributed by atoms with Gasteiger partial charge >= 0.3 is 0 Å². The lowest BCUT2D eigenvalue weighted by atomic mass is 9.91. The predicted molar refractivity (Wildman–Crippen MR) is 163 cm³/mol. The second kappa shape index (κ2) is 9.40. The Morgan fingerprint density at radius 1 is 0.881 bits per heavy atom. The number of nitrogens with two attached hydrogens (primary N) is 2. The molecule has 0 radical (unpaired) electrons. The molecule has 4 aromatic rings. The van der Waals surface area contributed by atoms with E-state index in [0.717, 1.165) is 77.6 Å². The number of aryl methyl sites for hydroxylation is 1. The van der Waals surface area contributed by atoms with Crippen molar-refractivity contribution in [1.82, 2.24) is 29.2 Å². The summed E-state index contributed by atoms with van der Waals surface area (Å²) >= 11 is 0. The van der Waals surface area contributed by atoms with Crippen LogP contribution in [0.2, 0.25) is 0 Å². The van der Waals surface area contributed by atoms with E-state index in [1.165, 1.54) is 56.3 Å². The van der Waals surface area contributed by atoms with Crippen molar-refractivity contribution in [3.8, 4) is 0 Å². The van der Waals surface area contributed by atoms with Crippen LogP contribution in [0.25, 0.3) is 11.3 Å². The summed E-state index contributed by atoms with van der Waals surface area (Å²) in [6.45, 7) is 2.12. The summed E-state index contributed by atoms with van der Waals surface area (Å²) in [5.41, 5.74) is 19.4. The number of rotatable bonds is 10. The van der Waals surface area contributed by atoms with Crippen LogP contribution in [0.15, 0.2) is 24.4 Å². The maximum Gasteiger partial charge on any atom is 0.160 e. The molecule has 0 aliphatic heterocycles. The maximum absolute atomic E-state index is 6.56. The zero-order valence-electron chi connectivity index (χ0n) is 24.6. The number of hydrogen-bond donors (Lipinski definition) is 3. The molecule has 0 saturated heterocycles. The summed E-state index contributed by atoms with van der Waals surface area (Å²) in [6.07, 6.45) is 15.4. The first-order valence-electron chi connectivity index (χ1n) is 16.5. The van der Waals surface area contributed by atoms with Crippen molar-refractivity contribution < 1.29 is 0 Å². The van der Waals surface area contributed by atoms with Crippen molar-refractivity contribution in [2.24, 2.45) is 35.3 Å². The van der Waals surface area contributed by atoms with Crippen LogP contribution in [0.4, 0.5) is 11.6 Å². The summed E-state index contributed by atoms with van der Waals surface area (Å²) in [5, 5.41) is 13.4. The first kappa shape index (κ1) is 25.3. The Morgan fingerprint density at radius 2 is 1.62 bits per heavy atom. The van der Waals surface area contributed by atoms with E-state index in [0.29, 0.717) is 35.8 Å². The average Bonchev–Trinajstić information content (AvgIpc) is 3.78. The van der Waals surface area contributed by atoms with E-state index >= 15 is 0 Å². The molecule has 9 heteroatoms. The minimum atomic E-state index is 0.291. The number of aromatic nitrogens is 6. The lowest BCUT2D eigenvalue weighted by Gasteiger charge is -2.20. The summed E-state index contributed by atoms with van der Waals surface area (Å²) in [5.74, 6) is 6.50. The van der Waals surface area contributed by atoms with Crippen LogP contribution >= 0.6 is 0 Å². The molecular weight excluding hydrogens is 522 g/mol. The van der Waals surface area contributed by atoms with Crippen molar-refractivity contribution in [3.63, 3.8) is 0 Å². The molecule has 0 aromatic carbocycles. The fraction of sp³-hybridized carbons (Fsp3) is 0.636. The van der Waals surface area contributed by atoms with Crippen LogP contribution in [-0.2, 0) is 6.42 Å². The van der Waals surface area contributed by atoms with Gasteiger partial charge in [-0.05, 0) is 107 Å². The third-order valence-corrected chi connectivity index (χ3v) is 11.0. The van der Waals surface area contributed by atoms with E-state index in [1.54, 1.807) is 0 Å². The van der Waals surface area contributed by atoms with Gasteiger partial charge in [-0.25, -0.2) is 9.97 Å². The SMILES string of the molecule is Cc1cnn2c(N[C@H]3CC[C@H](N)C3)cc(C(C3CC3)C3CC3Cc3cc4nc(C(C5CC5)C5CC5)cc(N)n4n3)nc12. The highest BCUT2D eigenvalue weighted by molar-refractivity contribution is 5.55. The van der Waals surface area contributed by atoms with E-state index in [1.807, 2.05) is 15.2 Å². The van der Waals surface area contributed by atoms with E-state index in [9.17, 15) is 0 Å². The Balaban J connectivity index is 0.973. The van der Waals surface area contributed by atoms with E-state index in [4.69, 9.17) is 26.5 Å². The molecule has 0 amide bonds. The smallest absolute Gasteiger partial charge is 0.160 e. The number of nitrogen functional groups attached to an aromatic ring is 1. The van der Waals surface area contributed by atoms with Crippen LogP contribution < -0.4 is 16.8 Å². The Kier molecular flexibility index (Phi) is 5.66. The highest BCUT2D eigenvalue weighted by Crippen LogP contribution is 2.58. The second-order valence-electron chi connectivity index (χ2n) is 14.5. The molecule has 42 heavy (non-hydrogen) atoms. The van der Waals surface area contributed by atoms with Gasteiger partial charge in [0.15, 0.2) is 11.3 Å². The van der Waals surface area contributed by atoms with Crippen LogP contribution in [0.3, 0.4) is 0 Å². The summed E-state index contributed by atoms with van der Waals surface area (Å²) in [4.78, 5) is 10.4. The topological polar surface area (TPSA) is 124 Å². The zero-order valence-corrected chi connectivity index (χ0v) is 24.6. The normalized spacial score (nSPS) is 28.3. The third kappa shape index (κ3) is 4.55. The first-order chi connectivity index (χ1) is 20.5. The molecule has 5 aliphatic rings. The highest BCUT2D eigenvalue weighted by atomic mass is 15.3. The molecule has 3 unspecified atom stereocenters. The van der Waals surface area contributed by atoms with Crippen LogP contribution in [-0.4, -0.2) is 41.3 Å². The molecule has 0 spiro atoms. The Hall–Kier alpha value is -3.20. The number of hydrogen-bond acceptors (Lipinski definition) is 7. The predicted octanol–water partition coefficient (Wildman–Crippen LogP) is 5.23. The monoisotopic (exact) mass is 565 g/mol. The van der Waals surface area contributed by atoms with Gasteiger partial charge in [-0.1, -0.05) is 0 Å². The largest absolute Gasteiger partial charge is 0.384 e. The zero-order chi connectivity index (χ0) is 28.1. The van der Waals surface area contributed by atoms with Gasteiger partial charge in [0, 0.05) is 47.7 Å². The molecular formula is C33H43N9. The molecule has 9 rings (SSSR count). The summed E-state index contributed by atoms with van der Waals surface area (Å²) in [6, 6.07) is 7.30. The third-order valence-electron chi connectivity index (χ3n) is 11.0. The Bertz CT molecular complexity index is 1650. The fourth-order valence-electron chi connectivity index (χ4n) is 8.32. The minimum Gasteiger partial charge on any atom is -0.384 e. The van der Waals surface area contributed by atoms with Crippen molar-refractivity contribution in [2.75, 3.05) is 11.1 Å². The van der Waals surface area contributed by atoms with Crippen molar-refractivity contribution in [2.45, 2.75) is 101 Å². The van der Waals surface area contributed by atoms with Gasteiger partial charge in [-0.15, -0.1) is 0 Å². The van der Waals surface area contributed by atoms with Gasteiger partial charge in [-0.2, -0.15) is 19.2 Å². The summed E-state index contributed by atoms with van der Waals surface area (Å²) in [7, 11) is 0. The number of anilines is 2. The van der Waals surface area contributed by atoms with E-state index in [2.05, 4.69) is 35.5 Å². The van der Waals surface area contributed by atoms with E-state index in [-0.39, 0.29) is 0 Å². The minimum absolute atomic E-state index is 0.291. The molecule has 4 heterocycles. The average molecular weight is 566 g/mol. The first-order valence-corrected chi connectivity index (χ1v) is 16.5. The van der Waals surface area contributed by atoms with Crippen LogP contribution in [0.1, 0.15) is 98.7 Å². The number of nitrogens with one attached hydrogen (secondary N) is 1. The van der Waals surface area contributed by atoms with Crippen LogP contribution in [0, 0.1) is 36.5 Å². The summed E-state index contributed by atoms with van der Waals surface area (Å²) < 4.78 is 3.87. The van der Waals surface area contributed by atoms with Crippen molar-refractivity contribution >= 4 is 22.9 Å². The second-order valence-corrected chi connectivity index (χ2v) is 14.5. The van der Waals surface area contributed by atoms with Crippen molar-refractivity contribution in [3.05, 3.63) is 47.0 Å². The maximum atomic E-state index is 6.56. The standard InChI is InChI=1S/C33H43N9/c1-17-16-36-42-30(37-23-9-8-22(34)12-23)15-27(39-33(17)42)32(20-6-7-20)25-11-21(25)10-24-13-29-38-26(14-28(35)41(29)40-24)31(18-2-3-18)19-4-5-19/h13-16,18-23,25,31-32,37H,2-12,34-35H2,1H3/t21?,22-,23-,25?,32?/m0/s1. The van der Waals surface area contributed by atoms with Crippen molar-refractivity contribution in [1.29, 1.82) is 0 Å². The molecule has 5 saturated carbocycles. The lowest BCUT2D eigenvalue weighted by Crippen LogP contribution is -2.22. The van der Waals surface area contributed by atoms with Crippen LogP contribution in [0.5, 0.6) is 0 Å². The molecule has 5 N–H and O–H groups in total. The molecule has 9 nitrogen and oxygen atoms in total. The quantitative estimate of drug-likeness (QED) is 0.240. The van der Waals surface area contributed by atoms with Gasteiger partial charge in [0.05, 0.1) is 23.3 Å². The molecule has 0 bridgehead atoms. The lowest BCUT2D eigenvalue weighted by molar-refractivity contribution is 0.488. The number of fused-ring (bicyclic) bond motifs is 2. The number of nitrogens with zero attached hydrogens (tertiary/aromatic N) is 6.